The molecule has 1 aromatic carbocycles. The molecule has 1 atom stereocenters. The van der Waals surface area contributed by atoms with E-state index in [9.17, 15) is 14.3 Å². The first-order valence-electron chi connectivity index (χ1n) is 6.37. The molecule has 20 heavy (non-hydrogen) atoms. The van der Waals surface area contributed by atoms with Gasteiger partial charge in [-0.1, -0.05) is 13.8 Å². The number of carbonyl (C=O) groups excluding carboxylic acids is 1. The highest BCUT2D eigenvalue weighted by Crippen LogP contribution is 2.21. The fraction of sp³-hybridized carbons (Fsp3) is 0.500. The summed E-state index contributed by atoms with van der Waals surface area (Å²) < 4.78 is 18.5. The van der Waals surface area contributed by atoms with Crippen LogP contribution >= 0.6 is 0 Å². The zero-order chi connectivity index (χ0) is 15.3. The lowest BCUT2D eigenvalue weighted by Crippen LogP contribution is -2.45. The number of ether oxygens (including phenoxy) is 1. The van der Waals surface area contributed by atoms with Crippen molar-refractivity contribution in [2.24, 2.45) is 5.92 Å². The first-order valence-corrected chi connectivity index (χ1v) is 6.37. The van der Waals surface area contributed by atoms with Crippen LogP contribution in [0, 0.1) is 11.7 Å². The number of urea groups is 1. The normalized spacial score (nSPS) is 13.8. The lowest BCUT2D eigenvalue weighted by molar-refractivity contribution is 0.0170. The Labute approximate surface area is 118 Å². The third-order valence-electron chi connectivity index (χ3n) is 3.27. The molecule has 2 amide bonds. The molecule has 0 saturated carbocycles. The van der Waals surface area contributed by atoms with E-state index in [0.717, 1.165) is 0 Å². The minimum absolute atomic E-state index is 0.0173. The van der Waals surface area contributed by atoms with Crippen molar-refractivity contribution in [3.63, 3.8) is 0 Å². The van der Waals surface area contributed by atoms with E-state index in [4.69, 9.17) is 4.74 Å². The van der Waals surface area contributed by atoms with Crippen LogP contribution in [0.1, 0.15) is 20.8 Å². The molecule has 0 saturated heterocycles. The maximum Gasteiger partial charge on any atom is 0.319 e. The highest BCUT2D eigenvalue weighted by Gasteiger charge is 2.25. The van der Waals surface area contributed by atoms with Crippen LogP contribution in [0.5, 0.6) is 5.75 Å². The second-order valence-corrected chi connectivity index (χ2v) is 5.17. The largest absolute Gasteiger partial charge is 0.497 e. The maximum atomic E-state index is 13.5. The number of nitrogens with one attached hydrogen (secondary N) is 2. The Morgan fingerprint density at radius 3 is 2.70 bits per heavy atom. The van der Waals surface area contributed by atoms with Crippen molar-refractivity contribution in [1.29, 1.82) is 0 Å². The number of hydrogen-bond donors (Lipinski definition) is 3. The van der Waals surface area contributed by atoms with Crippen molar-refractivity contribution < 1.29 is 19.0 Å². The molecular weight excluding hydrogens is 263 g/mol. The molecule has 0 aliphatic carbocycles. The highest BCUT2D eigenvalue weighted by molar-refractivity contribution is 5.89. The molecule has 6 heteroatoms. The monoisotopic (exact) mass is 284 g/mol. The van der Waals surface area contributed by atoms with E-state index in [-0.39, 0.29) is 18.2 Å². The molecule has 0 radical (unpaired) electrons. The zero-order valence-electron chi connectivity index (χ0n) is 12.2. The summed E-state index contributed by atoms with van der Waals surface area (Å²) in [6, 6.07) is 3.47. The van der Waals surface area contributed by atoms with Crippen molar-refractivity contribution in [2.45, 2.75) is 26.4 Å². The summed E-state index contributed by atoms with van der Waals surface area (Å²) in [4.78, 5) is 11.7. The number of aliphatic hydroxyl groups is 1. The van der Waals surface area contributed by atoms with Crippen molar-refractivity contribution >= 4 is 11.7 Å². The molecule has 0 aliphatic heterocycles. The van der Waals surface area contributed by atoms with Crippen LogP contribution in [0.25, 0.3) is 0 Å². The minimum atomic E-state index is -1.02. The fourth-order valence-corrected chi connectivity index (χ4v) is 1.36. The molecular formula is C14H21FN2O3. The van der Waals surface area contributed by atoms with Crippen LogP contribution in [-0.4, -0.2) is 30.4 Å². The van der Waals surface area contributed by atoms with Gasteiger partial charge in [0.25, 0.3) is 0 Å². The Hall–Kier alpha value is -1.82. The Bertz CT molecular complexity index is 475. The smallest absolute Gasteiger partial charge is 0.319 e. The lowest BCUT2D eigenvalue weighted by atomic mass is 9.93. The van der Waals surface area contributed by atoms with Gasteiger partial charge < -0.3 is 20.5 Å². The topological polar surface area (TPSA) is 70.6 Å². The Kier molecular flexibility index (Phi) is 5.33. The molecule has 1 rings (SSSR count). The van der Waals surface area contributed by atoms with E-state index < -0.39 is 17.4 Å². The number of carbonyl (C=O) groups is 1. The molecule has 0 bridgehead atoms. The average molecular weight is 284 g/mol. The van der Waals surface area contributed by atoms with Crippen molar-refractivity contribution in [1.82, 2.24) is 5.32 Å². The Morgan fingerprint density at radius 1 is 1.50 bits per heavy atom. The molecule has 0 aliphatic rings. The second kappa shape index (κ2) is 6.56. The number of amides is 2. The van der Waals surface area contributed by atoms with Crippen molar-refractivity contribution in [2.75, 3.05) is 19.0 Å². The fourth-order valence-electron chi connectivity index (χ4n) is 1.36. The van der Waals surface area contributed by atoms with Crippen molar-refractivity contribution in [3.8, 4) is 5.75 Å². The summed E-state index contributed by atoms with van der Waals surface area (Å²) in [5, 5.41) is 14.9. The Morgan fingerprint density at radius 2 is 2.15 bits per heavy atom. The third-order valence-corrected chi connectivity index (χ3v) is 3.27. The van der Waals surface area contributed by atoms with Gasteiger partial charge in [0, 0.05) is 12.6 Å². The van der Waals surface area contributed by atoms with Gasteiger partial charge in [-0.25, -0.2) is 9.18 Å². The predicted molar refractivity (Wildman–Crippen MR) is 75.4 cm³/mol. The van der Waals surface area contributed by atoms with E-state index in [1.807, 2.05) is 13.8 Å². The molecule has 3 N–H and O–H groups in total. The molecule has 0 fully saturated rings. The standard InChI is InChI=1S/C14H21FN2O3/c1-9(2)14(3,19)8-16-13(18)17-12-7-10(20-4)5-6-11(12)15/h5-7,9,19H,8H2,1-4H3,(H2,16,17,18). The van der Waals surface area contributed by atoms with E-state index in [1.165, 1.54) is 25.3 Å². The average Bonchev–Trinajstić information content (AvgIpc) is 2.39. The molecule has 0 heterocycles. The predicted octanol–water partition coefficient (Wildman–Crippen LogP) is 2.36. The van der Waals surface area contributed by atoms with E-state index in [1.54, 1.807) is 6.92 Å². The first-order chi connectivity index (χ1) is 9.26. The molecule has 1 aromatic rings. The molecule has 0 aromatic heterocycles. The van der Waals surface area contributed by atoms with Crippen LogP contribution in [-0.2, 0) is 0 Å². The van der Waals surface area contributed by atoms with Gasteiger partial charge in [0.1, 0.15) is 11.6 Å². The summed E-state index contributed by atoms with van der Waals surface area (Å²) in [6.45, 7) is 5.40. The van der Waals surface area contributed by atoms with Gasteiger partial charge in [-0.05, 0) is 25.0 Å². The van der Waals surface area contributed by atoms with Gasteiger partial charge in [0.05, 0.1) is 18.4 Å². The third kappa shape index (κ3) is 4.38. The van der Waals surface area contributed by atoms with Gasteiger partial charge >= 0.3 is 6.03 Å². The number of methoxy groups -OCH3 is 1. The van der Waals surface area contributed by atoms with Crippen LogP contribution in [0.2, 0.25) is 0 Å². The molecule has 0 spiro atoms. The van der Waals surface area contributed by atoms with Crippen LogP contribution in [0.4, 0.5) is 14.9 Å². The molecule has 1 unspecified atom stereocenters. The SMILES string of the molecule is COc1ccc(F)c(NC(=O)NCC(C)(O)C(C)C)c1. The van der Waals surface area contributed by atoms with Crippen LogP contribution in [0.3, 0.4) is 0 Å². The number of benzene rings is 1. The number of hydrogen-bond acceptors (Lipinski definition) is 3. The quantitative estimate of drug-likeness (QED) is 0.777. The first kappa shape index (κ1) is 16.2. The number of halogens is 1. The second-order valence-electron chi connectivity index (χ2n) is 5.17. The van der Waals surface area contributed by atoms with E-state index in [0.29, 0.717) is 5.75 Å². The van der Waals surface area contributed by atoms with Crippen LogP contribution in [0.15, 0.2) is 18.2 Å². The molecule has 5 nitrogen and oxygen atoms in total. The minimum Gasteiger partial charge on any atom is -0.497 e. The summed E-state index contributed by atoms with van der Waals surface area (Å²) in [7, 11) is 1.46. The highest BCUT2D eigenvalue weighted by atomic mass is 19.1. The Balaban J connectivity index is 2.63. The maximum absolute atomic E-state index is 13.5. The summed E-state index contributed by atoms with van der Waals surface area (Å²) in [5.74, 6) is -0.135. The van der Waals surface area contributed by atoms with Gasteiger partial charge in [0.15, 0.2) is 0 Å². The van der Waals surface area contributed by atoms with Gasteiger partial charge in [-0.2, -0.15) is 0 Å². The van der Waals surface area contributed by atoms with E-state index >= 15 is 0 Å². The lowest BCUT2D eigenvalue weighted by Gasteiger charge is -2.27. The van der Waals surface area contributed by atoms with Crippen molar-refractivity contribution in [3.05, 3.63) is 24.0 Å². The number of anilines is 1. The van der Waals surface area contributed by atoms with Gasteiger partial charge in [-0.3, -0.25) is 0 Å². The summed E-state index contributed by atoms with van der Waals surface area (Å²) >= 11 is 0. The zero-order valence-corrected chi connectivity index (χ0v) is 12.2. The van der Waals surface area contributed by atoms with Gasteiger partial charge in [-0.15, -0.1) is 0 Å². The molecule has 112 valence electrons. The number of rotatable bonds is 5. The van der Waals surface area contributed by atoms with Crippen LogP contribution < -0.4 is 15.4 Å². The van der Waals surface area contributed by atoms with Gasteiger partial charge in [0.2, 0.25) is 0 Å². The summed E-state index contributed by atoms with van der Waals surface area (Å²) in [6.07, 6.45) is 0. The van der Waals surface area contributed by atoms with E-state index in [2.05, 4.69) is 10.6 Å². The summed E-state index contributed by atoms with van der Waals surface area (Å²) in [5.41, 5.74) is -1.00.